The van der Waals surface area contributed by atoms with Gasteiger partial charge in [0.05, 0.1) is 30.8 Å². The van der Waals surface area contributed by atoms with Gasteiger partial charge in [-0.3, -0.25) is 9.88 Å². The van der Waals surface area contributed by atoms with Gasteiger partial charge in [-0.15, -0.1) is 0 Å². The van der Waals surface area contributed by atoms with E-state index in [4.69, 9.17) is 34.6 Å². The van der Waals surface area contributed by atoms with Crippen molar-refractivity contribution in [2.24, 2.45) is 0 Å². The number of likely N-dealkylation sites (tertiary alicyclic amines) is 1. The van der Waals surface area contributed by atoms with Gasteiger partial charge in [-0.2, -0.15) is 31.4 Å². The lowest BCUT2D eigenvalue weighted by molar-refractivity contribution is -0.193. The Labute approximate surface area is 235 Å². The predicted octanol–water partition coefficient (Wildman–Crippen LogP) is 3.61. The van der Waals surface area contributed by atoms with Crippen molar-refractivity contribution < 1.29 is 50.9 Å². The van der Waals surface area contributed by atoms with Crippen LogP contribution in [0.15, 0.2) is 42.7 Å². The lowest BCUT2D eigenvalue weighted by atomic mass is 9.97. The van der Waals surface area contributed by atoms with E-state index in [0.717, 1.165) is 69.5 Å². The van der Waals surface area contributed by atoms with Crippen molar-refractivity contribution in [2.75, 3.05) is 44.3 Å². The van der Waals surface area contributed by atoms with E-state index < -0.39 is 24.3 Å². The van der Waals surface area contributed by atoms with E-state index in [2.05, 4.69) is 45.2 Å². The molecule has 0 aliphatic carbocycles. The third kappa shape index (κ3) is 9.83. The minimum absolute atomic E-state index is 0.379. The molecule has 5 heterocycles. The smallest absolute Gasteiger partial charge is 0.475 e. The normalized spacial score (nSPS) is 18.0. The van der Waals surface area contributed by atoms with E-state index in [9.17, 15) is 26.3 Å². The molecule has 11 nitrogen and oxygen atoms in total. The molecule has 3 aromatic heterocycles. The number of carbonyl (C=O) groups is 2. The summed E-state index contributed by atoms with van der Waals surface area (Å²) in [5, 5.41) is 19.1. The van der Waals surface area contributed by atoms with E-state index in [1.54, 1.807) is 0 Å². The Bertz CT molecular complexity index is 1290. The number of rotatable bonds is 4. The van der Waals surface area contributed by atoms with Crippen molar-refractivity contribution in [3.63, 3.8) is 0 Å². The van der Waals surface area contributed by atoms with Crippen LogP contribution in [0.3, 0.4) is 0 Å². The zero-order valence-electron chi connectivity index (χ0n) is 22.1. The second-order valence-corrected chi connectivity index (χ2v) is 9.26. The molecule has 0 saturated carbocycles. The number of fused-ring (bicyclic) bond motifs is 1. The number of pyridine rings is 2. The summed E-state index contributed by atoms with van der Waals surface area (Å²) >= 11 is 0. The summed E-state index contributed by atoms with van der Waals surface area (Å²) in [5.41, 5.74) is 3.24. The Morgan fingerprint density at radius 1 is 0.952 bits per heavy atom. The number of hydrogen-bond acceptors (Lipinski definition) is 8. The van der Waals surface area contributed by atoms with E-state index >= 15 is 0 Å². The Morgan fingerprint density at radius 2 is 1.60 bits per heavy atom. The van der Waals surface area contributed by atoms with Crippen molar-refractivity contribution in [1.82, 2.24) is 24.5 Å². The molecular formula is C25H28F6N6O5. The predicted molar refractivity (Wildman–Crippen MR) is 135 cm³/mol. The van der Waals surface area contributed by atoms with Crippen LogP contribution in [0.5, 0.6) is 0 Å². The first-order valence-electron chi connectivity index (χ1n) is 12.7. The number of aromatic nitrogens is 4. The molecule has 17 heteroatoms. The maximum Gasteiger partial charge on any atom is 0.490 e. The maximum atomic E-state index is 10.6. The van der Waals surface area contributed by atoms with Crippen LogP contribution in [0.1, 0.15) is 30.3 Å². The van der Waals surface area contributed by atoms with Gasteiger partial charge >= 0.3 is 24.3 Å². The standard InChI is InChI=1S/C21H26N6O.2C2HF3O2/c1-2-8-22-18(5-1)15-25-9-3-4-17(14-25)21-23-20-7-6-19(16-27(20)24-21)26-10-12-28-13-11-26;2*3-2(4,5)1(6)7/h1-2,5-8,16-17H,3-4,9-15H2;2*(H,6,7). The molecule has 0 amide bonds. The van der Waals surface area contributed by atoms with Gasteiger partial charge in [0.2, 0.25) is 0 Å². The molecule has 0 aromatic carbocycles. The summed E-state index contributed by atoms with van der Waals surface area (Å²) in [7, 11) is 0. The lowest BCUT2D eigenvalue weighted by Gasteiger charge is -2.31. The maximum absolute atomic E-state index is 10.6. The first-order chi connectivity index (χ1) is 19.7. The fourth-order valence-corrected chi connectivity index (χ4v) is 4.20. The van der Waals surface area contributed by atoms with Crippen LogP contribution in [0.25, 0.3) is 5.65 Å². The number of morpholine rings is 1. The van der Waals surface area contributed by atoms with Crippen LogP contribution in [-0.2, 0) is 20.9 Å². The molecule has 5 rings (SSSR count). The molecule has 3 aromatic rings. The summed E-state index contributed by atoms with van der Waals surface area (Å²) in [5.74, 6) is -4.17. The highest BCUT2D eigenvalue weighted by molar-refractivity contribution is 5.73. The van der Waals surface area contributed by atoms with E-state index in [1.807, 2.05) is 16.8 Å². The number of carboxylic acids is 2. The average Bonchev–Trinajstić information content (AvgIpc) is 3.38. The second-order valence-electron chi connectivity index (χ2n) is 9.26. The fourth-order valence-electron chi connectivity index (χ4n) is 4.20. The van der Waals surface area contributed by atoms with Gasteiger partial charge in [0.1, 0.15) is 0 Å². The highest BCUT2D eigenvalue weighted by atomic mass is 19.4. The van der Waals surface area contributed by atoms with E-state index in [-0.39, 0.29) is 0 Å². The van der Waals surface area contributed by atoms with Crippen LogP contribution in [0.4, 0.5) is 32.0 Å². The number of carboxylic acid groups (broad SMARTS) is 2. The third-order valence-corrected chi connectivity index (χ3v) is 6.18. The second kappa shape index (κ2) is 14.3. The number of ether oxygens (including phenoxy) is 1. The summed E-state index contributed by atoms with van der Waals surface area (Å²) in [6.45, 7) is 6.43. The number of anilines is 1. The van der Waals surface area contributed by atoms with Gasteiger partial charge < -0.3 is 19.8 Å². The van der Waals surface area contributed by atoms with Crippen LogP contribution >= 0.6 is 0 Å². The van der Waals surface area contributed by atoms with Gasteiger partial charge in [0, 0.05) is 38.3 Å². The van der Waals surface area contributed by atoms with Gasteiger partial charge in [-0.25, -0.2) is 19.1 Å². The monoisotopic (exact) mass is 606 g/mol. The molecule has 1 unspecified atom stereocenters. The molecule has 0 bridgehead atoms. The Kier molecular flexibility index (Phi) is 11.0. The zero-order valence-corrected chi connectivity index (χ0v) is 22.1. The van der Waals surface area contributed by atoms with Gasteiger partial charge in [-0.1, -0.05) is 6.07 Å². The quantitative estimate of drug-likeness (QED) is 0.425. The number of aliphatic carboxylic acids is 2. The summed E-state index contributed by atoms with van der Waals surface area (Å²) < 4.78 is 70.9. The third-order valence-electron chi connectivity index (χ3n) is 6.18. The van der Waals surface area contributed by atoms with E-state index in [1.165, 1.54) is 12.1 Å². The lowest BCUT2D eigenvalue weighted by Crippen LogP contribution is -2.36. The number of halogens is 6. The van der Waals surface area contributed by atoms with Crippen molar-refractivity contribution in [3.8, 4) is 0 Å². The SMILES string of the molecule is O=C(O)C(F)(F)F.O=C(O)C(F)(F)F.c1ccc(CN2CCCC(c3nc4ccc(N5CCOCC5)cn4n3)C2)nc1. The van der Waals surface area contributed by atoms with Crippen molar-refractivity contribution in [1.29, 1.82) is 0 Å². The van der Waals surface area contributed by atoms with Crippen LogP contribution in [0.2, 0.25) is 0 Å². The molecule has 0 radical (unpaired) electrons. The summed E-state index contributed by atoms with van der Waals surface area (Å²) in [4.78, 5) is 31.9. The van der Waals surface area contributed by atoms with Gasteiger partial charge in [-0.05, 0) is 43.7 Å². The Morgan fingerprint density at radius 3 is 2.17 bits per heavy atom. The number of piperidine rings is 1. The average molecular weight is 607 g/mol. The summed E-state index contributed by atoms with van der Waals surface area (Å²) in [6, 6.07) is 10.3. The largest absolute Gasteiger partial charge is 0.490 e. The topological polar surface area (TPSA) is 133 Å². The molecule has 0 spiro atoms. The van der Waals surface area contributed by atoms with Crippen molar-refractivity contribution in [2.45, 2.75) is 37.7 Å². The molecule has 42 heavy (non-hydrogen) atoms. The van der Waals surface area contributed by atoms with Crippen LogP contribution in [0, 0.1) is 0 Å². The highest BCUT2D eigenvalue weighted by Gasteiger charge is 2.38. The van der Waals surface area contributed by atoms with Crippen molar-refractivity contribution >= 4 is 23.3 Å². The first-order valence-corrected chi connectivity index (χ1v) is 12.7. The minimum atomic E-state index is -5.08. The molecule has 1 atom stereocenters. The molecule has 2 aliphatic rings. The molecule has 2 saturated heterocycles. The first kappa shape index (κ1) is 32.5. The number of nitrogens with zero attached hydrogens (tertiary/aromatic N) is 6. The van der Waals surface area contributed by atoms with Gasteiger partial charge in [0.15, 0.2) is 11.5 Å². The minimum Gasteiger partial charge on any atom is -0.475 e. The Balaban J connectivity index is 0.000000289. The van der Waals surface area contributed by atoms with Crippen LogP contribution in [-0.4, -0.2) is 98.4 Å². The zero-order chi connectivity index (χ0) is 30.9. The molecule has 2 N–H and O–H groups in total. The van der Waals surface area contributed by atoms with Gasteiger partial charge in [0.25, 0.3) is 0 Å². The summed E-state index contributed by atoms with van der Waals surface area (Å²) in [6.07, 6.45) is -3.88. The number of hydrogen-bond donors (Lipinski definition) is 2. The molecule has 2 aliphatic heterocycles. The fraction of sp³-hybridized carbons (Fsp3) is 0.480. The van der Waals surface area contributed by atoms with Crippen LogP contribution < -0.4 is 4.90 Å². The van der Waals surface area contributed by atoms with E-state index in [0.29, 0.717) is 5.92 Å². The Hall–Kier alpha value is -3.99. The molecule has 2 fully saturated rings. The molecular weight excluding hydrogens is 578 g/mol. The number of alkyl halides is 6. The van der Waals surface area contributed by atoms with Crippen molar-refractivity contribution in [3.05, 3.63) is 54.2 Å². The highest BCUT2D eigenvalue weighted by Crippen LogP contribution is 2.26. The molecule has 230 valence electrons.